The smallest absolute Gasteiger partial charge is 0.254 e. The molecule has 154 valence electrons. The zero-order valence-corrected chi connectivity index (χ0v) is 17.3. The van der Waals surface area contributed by atoms with E-state index < -0.39 is 14.6 Å². The molecule has 0 N–H and O–H groups in total. The van der Waals surface area contributed by atoms with Crippen LogP contribution in [0.1, 0.15) is 22.3 Å². The minimum absolute atomic E-state index is 0.0802. The summed E-state index contributed by atoms with van der Waals surface area (Å²) in [5, 5.41) is 0. The third kappa shape index (κ3) is 3.21. The SMILES string of the molecule is COc1ccc(C(=O)N2CC3(C2)C(CN2CCOCC2)CCS3(=O)=O)c(C)c1. The van der Waals surface area contributed by atoms with Gasteiger partial charge in [-0.05, 0) is 43.0 Å². The summed E-state index contributed by atoms with van der Waals surface area (Å²) in [5.74, 6) is 0.915. The van der Waals surface area contributed by atoms with Crippen molar-refractivity contribution in [3.05, 3.63) is 29.3 Å². The Hall–Kier alpha value is -1.64. The number of hydrogen-bond donors (Lipinski definition) is 0. The molecule has 0 aromatic heterocycles. The number of carbonyl (C=O) groups is 1. The maximum Gasteiger partial charge on any atom is 0.254 e. The standard InChI is InChI=1S/C20H28N2O5S/c1-15-11-17(26-2)3-4-18(15)19(23)22-13-20(14-22)16(5-10-28(20,24)25)12-21-6-8-27-9-7-21/h3-4,11,16H,5-10,12-14H2,1-2H3. The van der Waals surface area contributed by atoms with Crippen molar-refractivity contribution in [3.8, 4) is 5.75 Å². The Morgan fingerprint density at radius 3 is 2.64 bits per heavy atom. The molecule has 1 atom stereocenters. The zero-order valence-electron chi connectivity index (χ0n) is 16.5. The Morgan fingerprint density at radius 1 is 1.29 bits per heavy atom. The second-order valence-corrected chi connectivity index (χ2v) is 10.6. The maximum atomic E-state index is 13.0. The van der Waals surface area contributed by atoms with E-state index in [0.29, 0.717) is 44.0 Å². The van der Waals surface area contributed by atoms with Crippen LogP contribution >= 0.6 is 0 Å². The van der Waals surface area contributed by atoms with Crippen molar-refractivity contribution in [1.29, 1.82) is 0 Å². The molecule has 0 radical (unpaired) electrons. The molecule has 3 heterocycles. The lowest BCUT2D eigenvalue weighted by Crippen LogP contribution is -2.69. The van der Waals surface area contributed by atoms with Gasteiger partial charge in [0.1, 0.15) is 10.5 Å². The third-order valence-electron chi connectivity index (χ3n) is 6.55. The van der Waals surface area contributed by atoms with E-state index in [9.17, 15) is 13.2 Å². The fourth-order valence-corrected chi connectivity index (χ4v) is 7.15. The van der Waals surface area contributed by atoms with Crippen LogP contribution in [0, 0.1) is 12.8 Å². The van der Waals surface area contributed by atoms with Crippen molar-refractivity contribution < 1.29 is 22.7 Å². The Balaban J connectivity index is 1.49. The van der Waals surface area contributed by atoms with Gasteiger partial charge in [0, 0.05) is 38.3 Å². The summed E-state index contributed by atoms with van der Waals surface area (Å²) < 4.78 is 35.6. The first kappa shape index (κ1) is 19.7. The van der Waals surface area contributed by atoms with Crippen LogP contribution in [0.2, 0.25) is 0 Å². The van der Waals surface area contributed by atoms with E-state index in [2.05, 4.69) is 4.90 Å². The molecule has 3 fully saturated rings. The molecule has 1 amide bonds. The van der Waals surface area contributed by atoms with Crippen molar-refractivity contribution in [1.82, 2.24) is 9.80 Å². The number of carbonyl (C=O) groups excluding carboxylic acids is 1. The van der Waals surface area contributed by atoms with Crippen LogP contribution < -0.4 is 4.74 Å². The number of sulfone groups is 1. The van der Waals surface area contributed by atoms with E-state index in [-0.39, 0.29) is 17.6 Å². The number of nitrogens with zero attached hydrogens (tertiary/aromatic N) is 2. The lowest BCUT2D eigenvalue weighted by molar-refractivity contribution is 0.0140. The Bertz CT molecular complexity index is 857. The molecule has 0 aliphatic carbocycles. The van der Waals surface area contributed by atoms with Crippen LogP contribution in [-0.4, -0.2) is 87.7 Å². The van der Waals surface area contributed by atoms with E-state index in [0.717, 1.165) is 25.2 Å². The maximum absolute atomic E-state index is 13.0. The van der Waals surface area contributed by atoms with Crippen LogP contribution in [0.5, 0.6) is 5.75 Å². The van der Waals surface area contributed by atoms with Gasteiger partial charge in [0.2, 0.25) is 0 Å². The van der Waals surface area contributed by atoms with Crippen LogP contribution in [0.3, 0.4) is 0 Å². The highest BCUT2D eigenvalue weighted by atomic mass is 32.2. The fraction of sp³-hybridized carbons (Fsp3) is 0.650. The normalized spacial score (nSPS) is 26.2. The lowest BCUT2D eigenvalue weighted by atomic mass is 9.82. The second kappa shape index (κ2) is 7.31. The summed E-state index contributed by atoms with van der Waals surface area (Å²) in [6.45, 7) is 6.34. The molecular weight excluding hydrogens is 380 g/mol. The Kier molecular flexibility index (Phi) is 5.14. The van der Waals surface area contributed by atoms with Gasteiger partial charge in [-0.3, -0.25) is 9.69 Å². The fourth-order valence-electron chi connectivity index (χ4n) is 4.74. The van der Waals surface area contributed by atoms with Crippen molar-refractivity contribution in [2.45, 2.75) is 18.1 Å². The number of benzene rings is 1. The van der Waals surface area contributed by atoms with Crippen molar-refractivity contribution in [2.24, 2.45) is 5.92 Å². The molecule has 1 aromatic carbocycles. The summed E-state index contributed by atoms with van der Waals surface area (Å²) in [6.07, 6.45) is 0.684. The minimum atomic E-state index is -3.19. The summed E-state index contributed by atoms with van der Waals surface area (Å²) in [5.41, 5.74) is 1.44. The lowest BCUT2D eigenvalue weighted by Gasteiger charge is -2.51. The molecule has 0 saturated carbocycles. The number of methoxy groups -OCH3 is 1. The van der Waals surface area contributed by atoms with Crippen LogP contribution in [0.4, 0.5) is 0 Å². The number of aryl methyl sites for hydroxylation is 1. The van der Waals surface area contributed by atoms with E-state index in [1.807, 2.05) is 13.0 Å². The number of ether oxygens (including phenoxy) is 2. The van der Waals surface area contributed by atoms with Gasteiger partial charge >= 0.3 is 0 Å². The molecule has 3 aliphatic heterocycles. The predicted molar refractivity (Wildman–Crippen MR) is 106 cm³/mol. The second-order valence-electron chi connectivity index (χ2n) is 8.12. The van der Waals surface area contributed by atoms with Crippen LogP contribution in [0.25, 0.3) is 0 Å². The first-order chi connectivity index (χ1) is 13.4. The largest absolute Gasteiger partial charge is 0.497 e. The van der Waals surface area contributed by atoms with Gasteiger partial charge in [0.25, 0.3) is 5.91 Å². The number of rotatable bonds is 4. The number of morpholine rings is 1. The number of amides is 1. The first-order valence-corrected chi connectivity index (χ1v) is 11.5. The van der Waals surface area contributed by atoms with Crippen molar-refractivity contribution >= 4 is 15.7 Å². The van der Waals surface area contributed by atoms with Crippen LogP contribution in [0.15, 0.2) is 18.2 Å². The monoisotopic (exact) mass is 408 g/mol. The van der Waals surface area contributed by atoms with Gasteiger partial charge in [-0.2, -0.15) is 0 Å². The Labute approximate surface area is 166 Å². The molecule has 3 aliphatic rings. The number of likely N-dealkylation sites (tertiary alicyclic amines) is 1. The summed E-state index contributed by atoms with van der Waals surface area (Å²) in [6, 6.07) is 5.36. The van der Waals surface area contributed by atoms with Gasteiger partial charge in [0.15, 0.2) is 9.84 Å². The molecule has 1 aromatic rings. The molecule has 28 heavy (non-hydrogen) atoms. The van der Waals surface area contributed by atoms with E-state index in [1.165, 1.54) is 0 Å². The molecule has 1 unspecified atom stereocenters. The van der Waals surface area contributed by atoms with E-state index in [1.54, 1.807) is 24.1 Å². The highest BCUT2D eigenvalue weighted by Gasteiger charge is 2.62. The van der Waals surface area contributed by atoms with Gasteiger partial charge in [-0.25, -0.2) is 8.42 Å². The van der Waals surface area contributed by atoms with E-state index in [4.69, 9.17) is 9.47 Å². The summed E-state index contributed by atoms with van der Waals surface area (Å²) in [7, 11) is -1.60. The van der Waals surface area contributed by atoms with Crippen molar-refractivity contribution in [2.75, 3.05) is 58.8 Å². The predicted octanol–water partition coefficient (Wildman–Crippen LogP) is 0.965. The molecular formula is C20H28N2O5S. The first-order valence-electron chi connectivity index (χ1n) is 9.83. The van der Waals surface area contributed by atoms with E-state index >= 15 is 0 Å². The summed E-state index contributed by atoms with van der Waals surface area (Å²) >= 11 is 0. The van der Waals surface area contributed by atoms with Gasteiger partial charge in [-0.1, -0.05) is 0 Å². The Morgan fingerprint density at radius 2 is 2.00 bits per heavy atom. The highest BCUT2D eigenvalue weighted by Crippen LogP contribution is 2.45. The average molecular weight is 409 g/mol. The zero-order chi connectivity index (χ0) is 19.9. The average Bonchev–Trinajstić information content (AvgIpc) is 2.91. The molecule has 3 saturated heterocycles. The third-order valence-corrected chi connectivity index (χ3v) is 9.15. The highest BCUT2D eigenvalue weighted by molar-refractivity contribution is 7.93. The molecule has 8 heteroatoms. The quantitative estimate of drug-likeness (QED) is 0.739. The topological polar surface area (TPSA) is 76.2 Å². The summed E-state index contributed by atoms with van der Waals surface area (Å²) in [4.78, 5) is 16.9. The van der Waals surface area contributed by atoms with Gasteiger partial charge < -0.3 is 14.4 Å². The molecule has 0 bridgehead atoms. The number of hydrogen-bond acceptors (Lipinski definition) is 6. The molecule has 7 nitrogen and oxygen atoms in total. The van der Waals surface area contributed by atoms with Gasteiger partial charge in [-0.15, -0.1) is 0 Å². The van der Waals surface area contributed by atoms with Crippen molar-refractivity contribution in [3.63, 3.8) is 0 Å². The van der Waals surface area contributed by atoms with Gasteiger partial charge in [0.05, 0.1) is 26.1 Å². The van der Waals surface area contributed by atoms with Crippen LogP contribution in [-0.2, 0) is 14.6 Å². The molecule has 1 spiro atoms. The minimum Gasteiger partial charge on any atom is -0.497 e. The molecule has 4 rings (SSSR count).